The zero-order valence-corrected chi connectivity index (χ0v) is 41.1. The van der Waals surface area contributed by atoms with Crippen molar-refractivity contribution in [2.75, 3.05) is 40.9 Å². The molecule has 3 unspecified atom stereocenters. The summed E-state index contributed by atoms with van der Waals surface area (Å²) in [6.07, 6.45) is 48.3. The van der Waals surface area contributed by atoms with Crippen molar-refractivity contribution in [2.45, 2.75) is 276 Å². The molecule has 354 valence electrons. The van der Waals surface area contributed by atoms with E-state index in [1.54, 1.807) is 0 Å². The van der Waals surface area contributed by atoms with E-state index >= 15 is 0 Å². The van der Waals surface area contributed by atoms with Crippen LogP contribution in [-0.2, 0) is 18.4 Å². The van der Waals surface area contributed by atoms with E-state index < -0.39 is 20.0 Å². The van der Waals surface area contributed by atoms with Gasteiger partial charge in [0.25, 0.3) is 7.82 Å². The Balaban J connectivity index is 4.12. The Kier molecular flexibility index (Phi) is 42.4. The van der Waals surface area contributed by atoms with Gasteiger partial charge in [0.2, 0.25) is 5.91 Å². The summed E-state index contributed by atoms with van der Waals surface area (Å²) in [5.74, 6) is -0.159. The summed E-state index contributed by atoms with van der Waals surface area (Å²) in [4.78, 5) is 25.4. The van der Waals surface area contributed by atoms with Crippen molar-refractivity contribution in [1.29, 1.82) is 0 Å². The molecule has 0 rings (SSSR count). The van der Waals surface area contributed by atoms with Crippen LogP contribution in [0.1, 0.15) is 264 Å². The third-order valence-corrected chi connectivity index (χ3v) is 13.1. The lowest BCUT2D eigenvalue weighted by atomic mass is 10.0. The van der Waals surface area contributed by atoms with Crippen molar-refractivity contribution in [1.82, 2.24) is 5.32 Å². The first-order chi connectivity index (χ1) is 28.5. The summed E-state index contributed by atoms with van der Waals surface area (Å²) in [5, 5.41) is 13.9. The molecule has 0 aromatic carbocycles. The smallest absolute Gasteiger partial charge is 0.268 e. The highest BCUT2D eigenvalue weighted by Gasteiger charge is 2.24. The second-order valence-electron chi connectivity index (χ2n) is 19.2. The van der Waals surface area contributed by atoms with Crippen LogP contribution in [0.5, 0.6) is 0 Å². The first kappa shape index (κ1) is 58.5. The molecule has 0 fully saturated rings. The molecule has 1 amide bonds. The van der Waals surface area contributed by atoms with E-state index in [4.69, 9.17) is 9.05 Å². The first-order valence-corrected chi connectivity index (χ1v) is 27.3. The topological polar surface area (TPSA) is 108 Å². The monoisotopic (exact) mass is 859 g/mol. The molecule has 2 N–H and O–H groups in total. The predicted octanol–water partition coefficient (Wildman–Crippen LogP) is 14.3. The molecule has 0 aliphatic rings. The van der Waals surface area contributed by atoms with Crippen LogP contribution in [0.2, 0.25) is 0 Å². The fraction of sp³-hybridized carbons (Fsp3) is 0.980. The summed E-state index contributed by atoms with van der Waals surface area (Å²) in [7, 11) is 1.32. The van der Waals surface area contributed by atoms with Crippen molar-refractivity contribution in [3.05, 3.63) is 0 Å². The van der Waals surface area contributed by atoms with Crippen molar-refractivity contribution in [3.8, 4) is 0 Å². The number of hydrogen-bond acceptors (Lipinski definition) is 6. The van der Waals surface area contributed by atoms with Crippen molar-refractivity contribution >= 4 is 13.7 Å². The van der Waals surface area contributed by atoms with Crippen LogP contribution < -0.4 is 10.2 Å². The molecule has 0 aromatic rings. The summed E-state index contributed by atoms with van der Waals surface area (Å²) in [6, 6.07) is -0.793. The van der Waals surface area contributed by atoms with E-state index in [1.165, 1.54) is 199 Å². The molecule has 0 saturated heterocycles. The van der Waals surface area contributed by atoms with Crippen molar-refractivity contribution in [3.63, 3.8) is 0 Å². The summed E-state index contributed by atoms with van der Waals surface area (Å²) in [6.45, 7) is 4.75. The van der Waals surface area contributed by atoms with Gasteiger partial charge in [-0.15, -0.1) is 0 Å². The Hall–Kier alpha value is -0.500. The number of carbonyl (C=O) groups is 1. The number of carbonyl (C=O) groups excluding carboxylic acids is 1. The number of hydrogen-bond donors (Lipinski definition) is 2. The molecular formula is C50H103N2O6P. The molecule has 9 heteroatoms. The molecule has 0 heterocycles. The average Bonchev–Trinajstić information content (AvgIpc) is 3.19. The first-order valence-electron chi connectivity index (χ1n) is 25.9. The third kappa shape index (κ3) is 45.3. The van der Waals surface area contributed by atoms with Crippen molar-refractivity contribution < 1.29 is 32.9 Å². The Morgan fingerprint density at radius 1 is 0.525 bits per heavy atom. The number of aliphatic hydroxyl groups is 1. The predicted molar refractivity (Wildman–Crippen MR) is 252 cm³/mol. The fourth-order valence-electron chi connectivity index (χ4n) is 7.98. The highest BCUT2D eigenvalue weighted by atomic mass is 31.2. The van der Waals surface area contributed by atoms with Gasteiger partial charge < -0.3 is 28.8 Å². The SMILES string of the molecule is CCCCCCCCCCCCCCCCCCCCCCCCCCC(=O)NC(COP(=O)([O-])OCC[N+](C)(C)C)C(O)CCCCCCCCCCCCCCC. The van der Waals surface area contributed by atoms with Gasteiger partial charge in [0.05, 0.1) is 39.9 Å². The number of nitrogens with one attached hydrogen (secondary N) is 1. The van der Waals surface area contributed by atoms with Gasteiger partial charge in [-0.3, -0.25) is 9.36 Å². The molecule has 8 nitrogen and oxygen atoms in total. The number of amides is 1. The van der Waals surface area contributed by atoms with E-state index in [-0.39, 0.29) is 19.1 Å². The number of rotatable bonds is 48. The molecule has 0 bridgehead atoms. The van der Waals surface area contributed by atoms with E-state index in [1.807, 2.05) is 21.1 Å². The highest BCUT2D eigenvalue weighted by molar-refractivity contribution is 7.45. The Bertz CT molecular complexity index is 932. The van der Waals surface area contributed by atoms with Crippen LogP contribution in [0, 0.1) is 0 Å². The average molecular weight is 859 g/mol. The standard InChI is InChI=1S/C50H103N2O6P/c1-6-8-10-12-14-16-18-20-21-22-23-24-25-26-27-28-29-30-32-34-36-38-40-42-44-50(54)51-48(47-58-59(55,56)57-46-45-52(3,4)5)49(53)43-41-39-37-35-33-31-19-17-15-13-11-9-7-2/h48-49,53H,6-47H2,1-5H3,(H-,51,54,55,56). The van der Waals surface area contributed by atoms with Gasteiger partial charge in [0.15, 0.2) is 0 Å². The zero-order valence-electron chi connectivity index (χ0n) is 40.2. The lowest BCUT2D eigenvalue weighted by molar-refractivity contribution is -0.870. The molecule has 0 spiro atoms. The number of aliphatic hydroxyl groups excluding tert-OH is 1. The summed E-state index contributed by atoms with van der Waals surface area (Å²) >= 11 is 0. The molecule has 3 atom stereocenters. The number of phosphoric ester groups is 1. The maximum atomic E-state index is 12.9. The van der Waals surface area contributed by atoms with E-state index in [2.05, 4.69) is 19.2 Å². The van der Waals surface area contributed by atoms with Gasteiger partial charge >= 0.3 is 0 Å². The van der Waals surface area contributed by atoms with Crippen LogP contribution in [0.4, 0.5) is 0 Å². The number of likely N-dealkylation sites (N-methyl/N-ethyl adjacent to an activating group) is 1. The Labute approximate surface area is 368 Å². The molecule has 59 heavy (non-hydrogen) atoms. The molecule has 0 radical (unpaired) electrons. The quantitative estimate of drug-likeness (QED) is 0.0358. The van der Waals surface area contributed by atoms with Crippen LogP contribution >= 0.6 is 7.82 Å². The fourth-order valence-corrected chi connectivity index (χ4v) is 8.71. The molecule has 0 aliphatic heterocycles. The van der Waals surface area contributed by atoms with Crippen molar-refractivity contribution in [2.24, 2.45) is 0 Å². The number of phosphoric acid groups is 1. The zero-order chi connectivity index (χ0) is 43.6. The largest absolute Gasteiger partial charge is 0.756 e. The van der Waals surface area contributed by atoms with E-state index in [0.29, 0.717) is 23.9 Å². The summed E-state index contributed by atoms with van der Waals surface area (Å²) in [5.41, 5.74) is 0. The van der Waals surface area contributed by atoms with E-state index in [0.717, 1.165) is 38.5 Å². The Morgan fingerprint density at radius 2 is 0.831 bits per heavy atom. The maximum absolute atomic E-state index is 12.9. The Morgan fingerprint density at radius 3 is 1.15 bits per heavy atom. The molecule has 0 saturated carbocycles. The van der Waals surface area contributed by atoms with Gasteiger partial charge in [-0.2, -0.15) is 0 Å². The molecular weight excluding hydrogens is 756 g/mol. The number of nitrogens with zero attached hydrogens (tertiary/aromatic N) is 1. The normalized spacial score (nSPS) is 14.1. The van der Waals surface area contributed by atoms with Crippen LogP contribution in [0.25, 0.3) is 0 Å². The molecule has 0 aliphatic carbocycles. The third-order valence-electron chi connectivity index (χ3n) is 12.1. The highest BCUT2D eigenvalue weighted by Crippen LogP contribution is 2.38. The van der Waals surface area contributed by atoms with Gasteiger partial charge in [0.1, 0.15) is 13.2 Å². The number of unbranched alkanes of at least 4 members (excludes halogenated alkanes) is 35. The lowest BCUT2D eigenvalue weighted by Crippen LogP contribution is -2.46. The van der Waals surface area contributed by atoms with Crippen LogP contribution in [0.15, 0.2) is 0 Å². The maximum Gasteiger partial charge on any atom is 0.268 e. The minimum absolute atomic E-state index is 0.0162. The summed E-state index contributed by atoms with van der Waals surface area (Å²) < 4.78 is 23.3. The van der Waals surface area contributed by atoms with Gasteiger partial charge in [0, 0.05) is 6.42 Å². The van der Waals surface area contributed by atoms with E-state index in [9.17, 15) is 19.4 Å². The van der Waals surface area contributed by atoms with Gasteiger partial charge in [-0.25, -0.2) is 0 Å². The minimum atomic E-state index is -4.56. The number of quaternary nitrogens is 1. The minimum Gasteiger partial charge on any atom is -0.756 e. The molecule has 0 aromatic heterocycles. The van der Waals surface area contributed by atoms with Gasteiger partial charge in [-0.05, 0) is 12.8 Å². The van der Waals surface area contributed by atoms with Crippen LogP contribution in [-0.4, -0.2) is 68.5 Å². The second kappa shape index (κ2) is 42.8. The lowest BCUT2D eigenvalue weighted by Gasteiger charge is -2.30. The van der Waals surface area contributed by atoms with Crippen LogP contribution in [0.3, 0.4) is 0 Å². The second-order valence-corrected chi connectivity index (χ2v) is 20.7. The van der Waals surface area contributed by atoms with Gasteiger partial charge in [-0.1, -0.05) is 245 Å².